The average molecular weight is 333 g/mol. The van der Waals surface area contributed by atoms with E-state index < -0.39 is 11.7 Å². The van der Waals surface area contributed by atoms with Gasteiger partial charge in [-0.2, -0.15) is 0 Å². The predicted molar refractivity (Wildman–Crippen MR) is 92.9 cm³/mol. The molecule has 2 rings (SSSR count). The second-order valence-corrected chi connectivity index (χ2v) is 7.03. The number of pyridine rings is 1. The van der Waals surface area contributed by atoms with E-state index in [-0.39, 0.29) is 6.04 Å². The van der Waals surface area contributed by atoms with Gasteiger partial charge >= 0.3 is 6.09 Å². The number of anilines is 1. The molecule has 1 aliphatic rings. The van der Waals surface area contributed by atoms with Crippen molar-refractivity contribution in [2.75, 3.05) is 18.0 Å². The van der Waals surface area contributed by atoms with Crippen LogP contribution >= 0.6 is 0 Å². The second kappa shape index (κ2) is 7.64. The van der Waals surface area contributed by atoms with Gasteiger partial charge in [0, 0.05) is 19.3 Å². The average Bonchev–Trinajstić information content (AvgIpc) is 2.54. The van der Waals surface area contributed by atoms with Crippen LogP contribution in [0.3, 0.4) is 0 Å². The van der Waals surface area contributed by atoms with Crippen LogP contribution in [-0.4, -0.2) is 41.1 Å². The van der Waals surface area contributed by atoms with Gasteiger partial charge in [0.1, 0.15) is 11.4 Å². The lowest BCUT2D eigenvalue weighted by atomic mass is 9.97. The number of hydrogen-bond donors (Lipinski definition) is 0. The molecule has 6 heteroatoms. The van der Waals surface area contributed by atoms with Crippen LogP contribution in [0.2, 0.25) is 0 Å². The van der Waals surface area contributed by atoms with Gasteiger partial charge in [0.2, 0.25) is 6.41 Å². The van der Waals surface area contributed by atoms with Gasteiger partial charge in [0.25, 0.3) is 0 Å². The first-order chi connectivity index (χ1) is 11.4. The summed E-state index contributed by atoms with van der Waals surface area (Å²) in [5.74, 6) is 0.559. The molecule has 0 aromatic carbocycles. The Kier molecular flexibility index (Phi) is 5.80. The number of piperidine rings is 1. The highest BCUT2D eigenvalue weighted by atomic mass is 16.6. The molecular weight excluding hydrogens is 306 g/mol. The van der Waals surface area contributed by atoms with Crippen molar-refractivity contribution in [3.05, 3.63) is 23.9 Å². The first kappa shape index (κ1) is 18.2. The van der Waals surface area contributed by atoms with E-state index in [4.69, 9.17) is 4.74 Å². The molecule has 0 radical (unpaired) electrons. The smallest absolute Gasteiger partial charge is 0.415 e. The summed E-state index contributed by atoms with van der Waals surface area (Å²) in [7, 11) is 0. The molecule has 1 saturated heterocycles. The minimum atomic E-state index is -0.545. The molecule has 0 N–H and O–H groups in total. The lowest BCUT2D eigenvalue weighted by molar-refractivity contribution is -0.121. The van der Waals surface area contributed by atoms with Crippen LogP contribution < -0.4 is 4.90 Å². The Labute approximate surface area is 143 Å². The molecule has 1 aromatic heterocycles. The maximum absolute atomic E-state index is 12.3. The molecule has 1 aromatic rings. The highest BCUT2D eigenvalue weighted by Gasteiger charge is 2.25. The van der Waals surface area contributed by atoms with Crippen molar-refractivity contribution in [2.24, 2.45) is 0 Å². The zero-order valence-electron chi connectivity index (χ0n) is 15.0. The van der Waals surface area contributed by atoms with E-state index in [1.165, 1.54) is 4.90 Å². The second-order valence-electron chi connectivity index (χ2n) is 7.03. The lowest BCUT2D eigenvalue weighted by Crippen LogP contribution is -2.37. The van der Waals surface area contributed by atoms with E-state index in [9.17, 15) is 9.59 Å². The van der Waals surface area contributed by atoms with E-state index in [0.29, 0.717) is 12.4 Å². The first-order valence-electron chi connectivity index (χ1n) is 8.53. The summed E-state index contributed by atoms with van der Waals surface area (Å²) in [5, 5.41) is 0. The summed E-state index contributed by atoms with van der Waals surface area (Å²) in [6.07, 6.45) is 5.37. The molecule has 0 aliphatic carbocycles. The maximum atomic E-state index is 12.3. The molecule has 1 atom stereocenters. The zero-order valence-corrected chi connectivity index (χ0v) is 15.0. The van der Waals surface area contributed by atoms with Gasteiger partial charge in [-0.3, -0.25) is 9.69 Å². The molecule has 2 heterocycles. The molecule has 1 fully saturated rings. The van der Waals surface area contributed by atoms with Crippen molar-refractivity contribution >= 4 is 18.3 Å². The van der Waals surface area contributed by atoms with E-state index >= 15 is 0 Å². The third kappa shape index (κ3) is 4.46. The van der Waals surface area contributed by atoms with Crippen LogP contribution in [0.25, 0.3) is 0 Å². The minimum absolute atomic E-state index is 0.0782. The number of likely N-dealkylation sites (tertiary alicyclic amines) is 1. The standard InChI is InChI=1S/C18H27N3O3/c1-5-21(17(23)24-18(2,3)4)16-10-9-14(12-19-16)15-8-6-7-11-20(15)13-22/h9-10,12-13,15H,5-8,11H2,1-4H3. The molecule has 0 spiro atoms. The Morgan fingerprint density at radius 3 is 2.71 bits per heavy atom. The summed E-state index contributed by atoms with van der Waals surface area (Å²) < 4.78 is 5.42. The SMILES string of the molecule is CCN(C(=O)OC(C)(C)C)c1ccc(C2CCCCN2C=O)cn1. The quantitative estimate of drug-likeness (QED) is 0.791. The summed E-state index contributed by atoms with van der Waals surface area (Å²) >= 11 is 0. The summed E-state index contributed by atoms with van der Waals surface area (Å²) in [6.45, 7) is 8.67. The molecule has 2 amide bonds. The number of carbonyl (C=O) groups is 2. The third-order valence-electron chi connectivity index (χ3n) is 4.04. The highest BCUT2D eigenvalue weighted by molar-refractivity contribution is 5.86. The van der Waals surface area contributed by atoms with Gasteiger partial charge in [-0.15, -0.1) is 0 Å². The normalized spacial score (nSPS) is 18.2. The highest BCUT2D eigenvalue weighted by Crippen LogP contribution is 2.30. The number of amides is 2. The molecular formula is C18H27N3O3. The van der Waals surface area contributed by atoms with Gasteiger partial charge in [-0.25, -0.2) is 9.78 Å². The van der Waals surface area contributed by atoms with Crippen molar-refractivity contribution in [2.45, 2.75) is 58.6 Å². The number of hydrogen-bond acceptors (Lipinski definition) is 4. The molecule has 132 valence electrons. The fraction of sp³-hybridized carbons (Fsp3) is 0.611. The maximum Gasteiger partial charge on any atom is 0.415 e. The zero-order chi connectivity index (χ0) is 17.7. The van der Waals surface area contributed by atoms with Crippen molar-refractivity contribution < 1.29 is 14.3 Å². The van der Waals surface area contributed by atoms with Crippen LogP contribution in [0.4, 0.5) is 10.6 Å². The molecule has 0 bridgehead atoms. The van der Waals surface area contributed by atoms with E-state index in [1.807, 2.05) is 44.7 Å². The lowest BCUT2D eigenvalue weighted by Gasteiger charge is -2.33. The van der Waals surface area contributed by atoms with Gasteiger partial charge in [-0.05, 0) is 58.6 Å². The molecule has 0 saturated carbocycles. The monoisotopic (exact) mass is 333 g/mol. The summed E-state index contributed by atoms with van der Waals surface area (Å²) in [5.41, 5.74) is 0.461. The number of ether oxygens (including phenoxy) is 1. The largest absolute Gasteiger partial charge is 0.443 e. The predicted octanol–water partition coefficient (Wildman–Crippen LogP) is 3.53. The molecule has 24 heavy (non-hydrogen) atoms. The Morgan fingerprint density at radius 1 is 1.42 bits per heavy atom. The number of rotatable bonds is 4. The van der Waals surface area contributed by atoms with Crippen LogP contribution in [-0.2, 0) is 9.53 Å². The van der Waals surface area contributed by atoms with Crippen LogP contribution in [0.5, 0.6) is 0 Å². The van der Waals surface area contributed by atoms with Gasteiger partial charge in [-0.1, -0.05) is 6.07 Å². The van der Waals surface area contributed by atoms with Gasteiger partial charge in [0.15, 0.2) is 0 Å². The minimum Gasteiger partial charge on any atom is -0.443 e. The van der Waals surface area contributed by atoms with Gasteiger partial charge < -0.3 is 9.64 Å². The number of aromatic nitrogens is 1. The Morgan fingerprint density at radius 2 is 2.17 bits per heavy atom. The molecule has 1 unspecified atom stereocenters. The fourth-order valence-electron chi connectivity index (χ4n) is 2.89. The number of carbonyl (C=O) groups excluding carboxylic acids is 2. The van der Waals surface area contributed by atoms with Crippen molar-refractivity contribution in [3.63, 3.8) is 0 Å². The van der Waals surface area contributed by atoms with Crippen LogP contribution in [0.15, 0.2) is 18.3 Å². The topological polar surface area (TPSA) is 62.7 Å². The Hall–Kier alpha value is -2.11. The third-order valence-corrected chi connectivity index (χ3v) is 4.04. The van der Waals surface area contributed by atoms with Crippen LogP contribution in [0, 0.1) is 0 Å². The van der Waals surface area contributed by atoms with Crippen molar-refractivity contribution in [3.8, 4) is 0 Å². The van der Waals surface area contributed by atoms with Crippen molar-refractivity contribution in [1.29, 1.82) is 0 Å². The Bertz CT molecular complexity index is 566. The van der Waals surface area contributed by atoms with E-state index in [1.54, 1.807) is 6.20 Å². The van der Waals surface area contributed by atoms with E-state index in [2.05, 4.69) is 4.98 Å². The summed E-state index contributed by atoms with van der Waals surface area (Å²) in [6, 6.07) is 3.84. The molecule has 1 aliphatic heterocycles. The van der Waals surface area contributed by atoms with Gasteiger partial charge in [0.05, 0.1) is 6.04 Å². The molecule has 6 nitrogen and oxygen atoms in total. The van der Waals surface area contributed by atoms with Crippen LogP contribution in [0.1, 0.15) is 58.6 Å². The van der Waals surface area contributed by atoms with E-state index in [0.717, 1.165) is 37.8 Å². The first-order valence-corrected chi connectivity index (χ1v) is 8.53. The Balaban J connectivity index is 2.14. The summed E-state index contributed by atoms with van der Waals surface area (Å²) in [4.78, 5) is 31.3. The van der Waals surface area contributed by atoms with Crippen molar-refractivity contribution in [1.82, 2.24) is 9.88 Å². The fourth-order valence-corrected chi connectivity index (χ4v) is 2.89. The number of nitrogens with zero attached hydrogens (tertiary/aromatic N) is 3.